The Morgan fingerprint density at radius 2 is 2.33 bits per heavy atom. The number of hydrogen-bond donors (Lipinski definition) is 2. The van der Waals surface area contributed by atoms with E-state index in [0.717, 1.165) is 17.7 Å². The SMILES string of the molecule is COc1ccc(N)c(SCC(=O)NC(C)(C#N)C2CC2)c1. The number of rotatable bonds is 6. The monoisotopic (exact) mass is 305 g/mol. The molecule has 3 N–H and O–H groups in total. The molecule has 0 aromatic heterocycles. The van der Waals surface area contributed by atoms with E-state index in [9.17, 15) is 10.1 Å². The van der Waals surface area contributed by atoms with Crippen molar-refractivity contribution >= 4 is 23.4 Å². The lowest BCUT2D eigenvalue weighted by Gasteiger charge is -2.22. The van der Waals surface area contributed by atoms with Crippen molar-refractivity contribution in [2.75, 3.05) is 18.6 Å². The molecule has 0 heterocycles. The molecular weight excluding hydrogens is 286 g/mol. The number of nitrogens with one attached hydrogen (secondary N) is 1. The van der Waals surface area contributed by atoms with Crippen LogP contribution in [0.15, 0.2) is 23.1 Å². The second-order valence-electron chi connectivity index (χ2n) is 5.33. The first-order valence-electron chi connectivity index (χ1n) is 6.77. The lowest BCUT2D eigenvalue weighted by molar-refractivity contribution is -0.119. The van der Waals surface area contributed by atoms with Gasteiger partial charge in [-0.15, -0.1) is 11.8 Å². The number of ether oxygens (including phenoxy) is 1. The molecule has 112 valence electrons. The third kappa shape index (κ3) is 3.82. The van der Waals surface area contributed by atoms with Gasteiger partial charge in [0.05, 0.1) is 18.9 Å². The predicted octanol–water partition coefficient (Wildman–Crippen LogP) is 2.18. The van der Waals surface area contributed by atoms with Crippen LogP contribution in [0, 0.1) is 17.2 Å². The molecule has 1 amide bonds. The summed E-state index contributed by atoms with van der Waals surface area (Å²) in [5.74, 6) is 1.05. The molecule has 0 saturated heterocycles. The lowest BCUT2D eigenvalue weighted by atomic mass is 9.98. The smallest absolute Gasteiger partial charge is 0.231 e. The highest BCUT2D eigenvalue weighted by Gasteiger charge is 2.42. The van der Waals surface area contributed by atoms with Crippen LogP contribution in [-0.2, 0) is 4.79 Å². The number of nitrogens with zero attached hydrogens (tertiary/aromatic N) is 1. The Hall–Kier alpha value is -1.87. The van der Waals surface area contributed by atoms with Gasteiger partial charge < -0.3 is 15.8 Å². The van der Waals surface area contributed by atoms with E-state index in [0.29, 0.717) is 11.4 Å². The first-order chi connectivity index (χ1) is 9.98. The van der Waals surface area contributed by atoms with Crippen LogP contribution in [0.25, 0.3) is 0 Å². The molecule has 1 aromatic carbocycles. The average molecular weight is 305 g/mol. The molecule has 0 spiro atoms. The molecule has 1 atom stereocenters. The fourth-order valence-electron chi connectivity index (χ4n) is 2.12. The van der Waals surface area contributed by atoms with Crippen LogP contribution in [0.1, 0.15) is 19.8 Å². The minimum absolute atomic E-state index is 0.154. The number of hydrogen-bond acceptors (Lipinski definition) is 5. The summed E-state index contributed by atoms with van der Waals surface area (Å²) in [7, 11) is 1.58. The Kier molecular flexibility index (Phi) is 4.63. The highest BCUT2D eigenvalue weighted by Crippen LogP contribution is 2.39. The average Bonchev–Trinajstić information content (AvgIpc) is 3.31. The van der Waals surface area contributed by atoms with Gasteiger partial charge in [-0.1, -0.05) is 0 Å². The number of amides is 1. The molecule has 0 aliphatic heterocycles. The zero-order valence-corrected chi connectivity index (χ0v) is 13.0. The number of benzene rings is 1. The van der Waals surface area contributed by atoms with Gasteiger partial charge in [-0.05, 0) is 43.9 Å². The van der Waals surface area contributed by atoms with Crippen molar-refractivity contribution in [3.63, 3.8) is 0 Å². The molecule has 1 unspecified atom stereocenters. The summed E-state index contributed by atoms with van der Waals surface area (Å²) in [6, 6.07) is 7.55. The standard InChI is InChI=1S/C15H19N3O2S/c1-15(9-16,10-3-4-10)18-14(19)8-21-13-7-11(20-2)5-6-12(13)17/h5-7,10H,3-4,8,17H2,1-2H3,(H,18,19). The van der Waals surface area contributed by atoms with Gasteiger partial charge in [-0.3, -0.25) is 4.79 Å². The van der Waals surface area contributed by atoms with E-state index in [1.165, 1.54) is 11.8 Å². The fraction of sp³-hybridized carbons (Fsp3) is 0.467. The quantitative estimate of drug-likeness (QED) is 0.621. The van der Waals surface area contributed by atoms with Crippen molar-refractivity contribution in [1.29, 1.82) is 5.26 Å². The van der Waals surface area contributed by atoms with Crippen molar-refractivity contribution in [3.05, 3.63) is 18.2 Å². The number of nitrogen functional groups attached to an aromatic ring is 1. The van der Waals surface area contributed by atoms with Crippen molar-refractivity contribution < 1.29 is 9.53 Å². The van der Waals surface area contributed by atoms with Crippen molar-refractivity contribution in [2.24, 2.45) is 5.92 Å². The highest BCUT2D eigenvalue weighted by atomic mass is 32.2. The molecule has 6 heteroatoms. The summed E-state index contributed by atoms with van der Waals surface area (Å²) in [6.45, 7) is 1.78. The van der Waals surface area contributed by atoms with Crippen LogP contribution in [0.3, 0.4) is 0 Å². The van der Waals surface area contributed by atoms with Crippen LogP contribution < -0.4 is 15.8 Å². The molecule has 2 rings (SSSR count). The number of methoxy groups -OCH3 is 1. The van der Waals surface area contributed by atoms with Crippen LogP contribution in [0.5, 0.6) is 5.75 Å². The number of nitrogens with two attached hydrogens (primary N) is 1. The first-order valence-corrected chi connectivity index (χ1v) is 7.75. The molecule has 1 fully saturated rings. The Morgan fingerprint density at radius 3 is 2.90 bits per heavy atom. The van der Waals surface area contributed by atoms with E-state index in [-0.39, 0.29) is 17.6 Å². The second-order valence-corrected chi connectivity index (χ2v) is 6.35. The van der Waals surface area contributed by atoms with E-state index >= 15 is 0 Å². The lowest BCUT2D eigenvalue weighted by Crippen LogP contribution is -2.47. The van der Waals surface area contributed by atoms with Gasteiger partial charge in [-0.25, -0.2) is 0 Å². The largest absolute Gasteiger partial charge is 0.497 e. The summed E-state index contributed by atoms with van der Waals surface area (Å²) < 4.78 is 5.14. The second kappa shape index (κ2) is 6.27. The van der Waals surface area contributed by atoms with E-state index in [1.807, 2.05) is 0 Å². The third-order valence-corrected chi connectivity index (χ3v) is 4.68. The molecule has 0 radical (unpaired) electrons. The van der Waals surface area contributed by atoms with E-state index in [2.05, 4.69) is 11.4 Å². The van der Waals surface area contributed by atoms with Crippen LogP contribution in [0.4, 0.5) is 5.69 Å². The molecule has 0 bridgehead atoms. The Balaban J connectivity index is 1.94. The molecule has 1 aliphatic carbocycles. The molecule has 5 nitrogen and oxygen atoms in total. The maximum atomic E-state index is 12.0. The summed E-state index contributed by atoms with van der Waals surface area (Å²) in [5, 5.41) is 12.1. The van der Waals surface area contributed by atoms with Crippen molar-refractivity contribution in [3.8, 4) is 11.8 Å². The molecular formula is C15H19N3O2S. The maximum Gasteiger partial charge on any atom is 0.231 e. The summed E-state index contributed by atoms with van der Waals surface area (Å²) >= 11 is 1.34. The number of thioether (sulfide) groups is 1. The minimum Gasteiger partial charge on any atom is -0.497 e. The third-order valence-electron chi connectivity index (χ3n) is 3.60. The summed E-state index contributed by atoms with van der Waals surface area (Å²) in [5.41, 5.74) is 5.74. The van der Waals surface area contributed by atoms with E-state index in [4.69, 9.17) is 10.5 Å². The minimum atomic E-state index is -0.752. The highest BCUT2D eigenvalue weighted by molar-refractivity contribution is 8.00. The van der Waals surface area contributed by atoms with Crippen LogP contribution in [-0.4, -0.2) is 24.3 Å². The van der Waals surface area contributed by atoms with Gasteiger partial charge in [0.2, 0.25) is 5.91 Å². The van der Waals surface area contributed by atoms with Gasteiger partial charge in [-0.2, -0.15) is 5.26 Å². The van der Waals surface area contributed by atoms with Gasteiger partial charge in [0.25, 0.3) is 0 Å². The number of carbonyl (C=O) groups is 1. The molecule has 21 heavy (non-hydrogen) atoms. The summed E-state index contributed by atoms with van der Waals surface area (Å²) in [6.07, 6.45) is 2.00. The van der Waals surface area contributed by atoms with Crippen molar-refractivity contribution in [2.45, 2.75) is 30.2 Å². The molecule has 1 saturated carbocycles. The number of nitriles is 1. The molecule has 1 aliphatic rings. The van der Waals surface area contributed by atoms with Gasteiger partial charge in [0, 0.05) is 10.6 Å². The Labute approximate surface area is 128 Å². The molecule has 1 aromatic rings. The normalized spacial score (nSPS) is 16.6. The topological polar surface area (TPSA) is 88.1 Å². The first kappa shape index (κ1) is 15.5. The van der Waals surface area contributed by atoms with Crippen LogP contribution in [0.2, 0.25) is 0 Å². The Bertz CT molecular complexity index is 581. The zero-order chi connectivity index (χ0) is 15.5. The number of carbonyl (C=O) groups excluding carboxylic acids is 1. The zero-order valence-electron chi connectivity index (χ0n) is 12.2. The summed E-state index contributed by atoms with van der Waals surface area (Å²) in [4.78, 5) is 12.8. The van der Waals surface area contributed by atoms with Gasteiger partial charge >= 0.3 is 0 Å². The van der Waals surface area contributed by atoms with Gasteiger partial charge in [0.1, 0.15) is 11.3 Å². The number of anilines is 1. The van der Waals surface area contributed by atoms with Crippen LogP contribution >= 0.6 is 11.8 Å². The maximum absolute atomic E-state index is 12.0. The predicted molar refractivity (Wildman–Crippen MR) is 83.0 cm³/mol. The van der Waals surface area contributed by atoms with E-state index in [1.54, 1.807) is 32.2 Å². The Morgan fingerprint density at radius 1 is 1.62 bits per heavy atom. The van der Waals surface area contributed by atoms with E-state index < -0.39 is 5.54 Å². The van der Waals surface area contributed by atoms with Crippen molar-refractivity contribution in [1.82, 2.24) is 5.32 Å². The fourth-order valence-corrected chi connectivity index (χ4v) is 2.91. The van der Waals surface area contributed by atoms with Gasteiger partial charge in [0.15, 0.2) is 0 Å².